The van der Waals surface area contributed by atoms with Crippen molar-refractivity contribution in [3.8, 4) is 0 Å². The van der Waals surface area contributed by atoms with Crippen LogP contribution in [0.15, 0.2) is 12.1 Å². The third-order valence-corrected chi connectivity index (χ3v) is 3.04. The number of amides is 1. The molecule has 0 saturated carbocycles. The second-order valence-corrected chi connectivity index (χ2v) is 5.23. The fourth-order valence-electron chi connectivity index (χ4n) is 1.72. The van der Waals surface area contributed by atoms with Crippen molar-refractivity contribution in [2.45, 2.75) is 19.8 Å². The van der Waals surface area contributed by atoms with Crippen molar-refractivity contribution < 1.29 is 4.79 Å². The summed E-state index contributed by atoms with van der Waals surface area (Å²) >= 11 is 6.02. The van der Waals surface area contributed by atoms with Gasteiger partial charge >= 0.3 is 0 Å². The minimum atomic E-state index is -0.223. The van der Waals surface area contributed by atoms with Crippen molar-refractivity contribution in [1.82, 2.24) is 15.2 Å². The van der Waals surface area contributed by atoms with Gasteiger partial charge in [0.25, 0.3) is 5.91 Å². The third-order valence-electron chi connectivity index (χ3n) is 2.74. The molecule has 6 heteroatoms. The first-order valence-corrected chi connectivity index (χ1v) is 7.25. The first-order valence-electron chi connectivity index (χ1n) is 6.88. The first-order chi connectivity index (χ1) is 9.54. The lowest BCUT2D eigenvalue weighted by Crippen LogP contribution is -2.26. The average molecular weight is 299 g/mol. The summed E-state index contributed by atoms with van der Waals surface area (Å²) in [5, 5.41) is 6.29. The summed E-state index contributed by atoms with van der Waals surface area (Å²) in [6, 6.07) is 3.45. The standard InChI is InChI=1S/C14H23ClN4O/c1-4-16-12-8-7-11(15)13(18-12)14(20)17-9-5-6-10-19(2)3/h7-8H,4-6,9-10H2,1-3H3,(H,16,18)(H,17,20). The molecule has 1 heterocycles. The van der Waals surface area contributed by atoms with E-state index in [1.807, 2.05) is 21.0 Å². The van der Waals surface area contributed by atoms with E-state index in [1.54, 1.807) is 12.1 Å². The van der Waals surface area contributed by atoms with Crippen molar-refractivity contribution in [2.24, 2.45) is 0 Å². The van der Waals surface area contributed by atoms with Crippen molar-refractivity contribution in [1.29, 1.82) is 0 Å². The summed E-state index contributed by atoms with van der Waals surface area (Å²) in [4.78, 5) is 18.4. The Labute approximate surface area is 125 Å². The SMILES string of the molecule is CCNc1ccc(Cl)c(C(=O)NCCCCN(C)C)n1. The molecule has 2 N–H and O–H groups in total. The summed E-state index contributed by atoms with van der Waals surface area (Å²) in [7, 11) is 4.07. The van der Waals surface area contributed by atoms with Crippen LogP contribution in [0.25, 0.3) is 0 Å². The number of aromatic nitrogens is 1. The Kier molecular flexibility index (Phi) is 7.33. The van der Waals surface area contributed by atoms with Crippen LogP contribution < -0.4 is 10.6 Å². The van der Waals surface area contributed by atoms with Crippen LogP contribution in [0.5, 0.6) is 0 Å². The number of pyridine rings is 1. The second-order valence-electron chi connectivity index (χ2n) is 4.82. The zero-order valence-electron chi connectivity index (χ0n) is 12.4. The number of anilines is 1. The van der Waals surface area contributed by atoms with Gasteiger partial charge in [-0.2, -0.15) is 0 Å². The first kappa shape index (κ1) is 16.7. The molecule has 0 saturated heterocycles. The topological polar surface area (TPSA) is 57.3 Å². The summed E-state index contributed by atoms with van der Waals surface area (Å²) in [5.41, 5.74) is 0.276. The molecule has 112 valence electrons. The minimum absolute atomic E-state index is 0.223. The maximum atomic E-state index is 12.0. The van der Waals surface area contributed by atoms with Crippen LogP contribution in [0.3, 0.4) is 0 Å². The molecule has 0 aliphatic rings. The number of rotatable bonds is 8. The van der Waals surface area contributed by atoms with Gasteiger partial charge in [-0.3, -0.25) is 4.79 Å². The largest absolute Gasteiger partial charge is 0.370 e. The van der Waals surface area contributed by atoms with Gasteiger partial charge in [0.1, 0.15) is 11.5 Å². The number of carbonyl (C=O) groups is 1. The molecule has 20 heavy (non-hydrogen) atoms. The monoisotopic (exact) mass is 298 g/mol. The van der Waals surface area contributed by atoms with E-state index in [0.717, 1.165) is 25.9 Å². The summed E-state index contributed by atoms with van der Waals surface area (Å²) in [5.74, 6) is 0.439. The molecule has 1 aromatic rings. The number of nitrogens with zero attached hydrogens (tertiary/aromatic N) is 2. The number of hydrogen-bond acceptors (Lipinski definition) is 4. The third kappa shape index (κ3) is 5.75. The molecular weight excluding hydrogens is 276 g/mol. The average Bonchev–Trinajstić information content (AvgIpc) is 2.40. The number of nitrogens with one attached hydrogen (secondary N) is 2. The van der Waals surface area contributed by atoms with Crippen LogP contribution in [-0.2, 0) is 0 Å². The van der Waals surface area contributed by atoms with Crippen LogP contribution in [0, 0.1) is 0 Å². The summed E-state index contributed by atoms with van der Waals surface area (Å²) in [6.45, 7) is 4.38. The van der Waals surface area contributed by atoms with Crippen LogP contribution in [0.2, 0.25) is 5.02 Å². The number of unbranched alkanes of at least 4 members (excludes halogenated alkanes) is 1. The van der Waals surface area contributed by atoms with E-state index >= 15 is 0 Å². The van der Waals surface area contributed by atoms with E-state index < -0.39 is 0 Å². The molecule has 5 nitrogen and oxygen atoms in total. The van der Waals surface area contributed by atoms with Gasteiger partial charge in [0.2, 0.25) is 0 Å². The van der Waals surface area contributed by atoms with Gasteiger partial charge in [-0.15, -0.1) is 0 Å². The van der Waals surface area contributed by atoms with Crippen molar-refractivity contribution in [2.75, 3.05) is 39.0 Å². The van der Waals surface area contributed by atoms with Crippen LogP contribution in [-0.4, -0.2) is 49.5 Å². The maximum absolute atomic E-state index is 12.0. The molecule has 0 aromatic carbocycles. The Hall–Kier alpha value is -1.33. The predicted octanol–water partition coefficient (Wildman–Crippen LogP) is 2.24. The highest BCUT2D eigenvalue weighted by Gasteiger charge is 2.12. The number of carbonyl (C=O) groups excluding carboxylic acids is 1. The van der Waals surface area contributed by atoms with Crippen molar-refractivity contribution >= 4 is 23.3 Å². The molecule has 0 fully saturated rings. The van der Waals surface area contributed by atoms with E-state index in [0.29, 0.717) is 17.4 Å². The number of halogens is 1. The lowest BCUT2D eigenvalue weighted by Gasteiger charge is -2.10. The Morgan fingerprint density at radius 2 is 2.10 bits per heavy atom. The normalized spacial score (nSPS) is 10.7. The van der Waals surface area contributed by atoms with E-state index in [2.05, 4.69) is 20.5 Å². The lowest BCUT2D eigenvalue weighted by atomic mass is 10.3. The van der Waals surface area contributed by atoms with Gasteiger partial charge in [-0.05, 0) is 52.5 Å². The molecule has 1 amide bonds. The Morgan fingerprint density at radius 3 is 2.75 bits per heavy atom. The highest BCUT2D eigenvalue weighted by molar-refractivity contribution is 6.33. The van der Waals surface area contributed by atoms with Crippen LogP contribution >= 0.6 is 11.6 Å². The molecule has 0 aliphatic carbocycles. The molecule has 0 atom stereocenters. The van der Waals surface area contributed by atoms with Crippen LogP contribution in [0.4, 0.5) is 5.82 Å². The molecule has 1 rings (SSSR count). The van der Waals surface area contributed by atoms with E-state index in [9.17, 15) is 4.79 Å². The van der Waals surface area contributed by atoms with Gasteiger partial charge in [0.15, 0.2) is 0 Å². The fourth-order valence-corrected chi connectivity index (χ4v) is 1.91. The van der Waals surface area contributed by atoms with Gasteiger partial charge in [-0.1, -0.05) is 11.6 Å². The van der Waals surface area contributed by atoms with Crippen LogP contribution in [0.1, 0.15) is 30.3 Å². The molecule has 1 aromatic heterocycles. The molecular formula is C14H23ClN4O. The predicted molar refractivity (Wildman–Crippen MR) is 83.5 cm³/mol. The lowest BCUT2D eigenvalue weighted by molar-refractivity contribution is 0.0948. The van der Waals surface area contributed by atoms with Crippen molar-refractivity contribution in [3.63, 3.8) is 0 Å². The summed E-state index contributed by atoms with van der Waals surface area (Å²) < 4.78 is 0. The molecule has 0 aliphatic heterocycles. The van der Waals surface area contributed by atoms with E-state index in [-0.39, 0.29) is 11.6 Å². The molecule has 0 bridgehead atoms. The van der Waals surface area contributed by atoms with Crippen molar-refractivity contribution in [3.05, 3.63) is 22.8 Å². The Morgan fingerprint density at radius 1 is 1.35 bits per heavy atom. The highest BCUT2D eigenvalue weighted by atomic mass is 35.5. The highest BCUT2D eigenvalue weighted by Crippen LogP contribution is 2.16. The minimum Gasteiger partial charge on any atom is -0.370 e. The quantitative estimate of drug-likeness (QED) is 0.723. The van der Waals surface area contributed by atoms with Gasteiger partial charge in [0.05, 0.1) is 5.02 Å². The Balaban J connectivity index is 2.48. The molecule has 0 radical (unpaired) electrons. The molecule has 0 spiro atoms. The van der Waals surface area contributed by atoms with E-state index in [1.165, 1.54) is 0 Å². The van der Waals surface area contributed by atoms with Gasteiger partial charge in [-0.25, -0.2) is 4.98 Å². The van der Waals surface area contributed by atoms with Gasteiger partial charge < -0.3 is 15.5 Å². The summed E-state index contributed by atoms with van der Waals surface area (Å²) in [6.07, 6.45) is 1.99. The number of hydrogen-bond donors (Lipinski definition) is 2. The second kappa shape index (κ2) is 8.76. The zero-order valence-corrected chi connectivity index (χ0v) is 13.1. The zero-order chi connectivity index (χ0) is 15.0. The maximum Gasteiger partial charge on any atom is 0.271 e. The van der Waals surface area contributed by atoms with E-state index in [4.69, 9.17) is 11.6 Å². The van der Waals surface area contributed by atoms with Gasteiger partial charge in [0, 0.05) is 13.1 Å². The molecule has 0 unspecified atom stereocenters. The fraction of sp³-hybridized carbons (Fsp3) is 0.571. The Bertz CT molecular complexity index is 437. The smallest absolute Gasteiger partial charge is 0.271 e.